The number of hydrogen-bond donors (Lipinski definition) is 1. The van der Waals surface area contributed by atoms with E-state index in [0.717, 1.165) is 13.1 Å². The van der Waals surface area contributed by atoms with E-state index < -0.39 is 0 Å². The Morgan fingerprint density at radius 1 is 1.05 bits per heavy atom. The van der Waals surface area contributed by atoms with Crippen LogP contribution in [0.3, 0.4) is 0 Å². The fourth-order valence-electron chi connectivity index (χ4n) is 2.84. The zero-order chi connectivity index (χ0) is 14.5. The molecule has 0 unspecified atom stereocenters. The second kappa shape index (κ2) is 6.72. The van der Waals surface area contributed by atoms with E-state index in [2.05, 4.69) is 52.5 Å². The van der Waals surface area contributed by atoms with Crippen molar-refractivity contribution in [3.8, 4) is 0 Å². The number of rotatable bonds is 5. The molecule has 1 aliphatic rings. The first kappa shape index (κ1) is 14.1. The second-order valence-corrected chi connectivity index (χ2v) is 5.77. The van der Waals surface area contributed by atoms with Crippen molar-refractivity contribution in [3.05, 3.63) is 59.4 Å². The van der Waals surface area contributed by atoms with E-state index in [0.29, 0.717) is 0 Å². The summed E-state index contributed by atoms with van der Waals surface area (Å²) in [5, 5.41) is 3.51. The minimum absolute atomic E-state index is 0.891. The van der Waals surface area contributed by atoms with Crippen LogP contribution in [0.25, 0.3) is 0 Å². The lowest BCUT2D eigenvalue weighted by molar-refractivity contribution is 0.689. The molecule has 0 atom stereocenters. The molecule has 1 aromatic heterocycles. The van der Waals surface area contributed by atoms with Crippen LogP contribution in [0.2, 0.25) is 0 Å². The first-order valence-electron chi connectivity index (χ1n) is 7.77. The van der Waals surface area contributed by atoms with Gasteiger partial charge in [0.15, 0.2) is 0 Å². The normalized spacial score (nSPS) is 14.6. The zero-order valence-electron chi connectivity index (χ0n) is 12.7. The number of aryl methyl sites for hydroxylation is 1. The Morgan fingerprint density at radius 3 is 2.52 bits per heavy atom. The molecule has 110 valence electrons. The van der Waals surface area contributed by atoms with E-state index in [-0.39, 0.29) is 0 Å². The first-order chi connectivity index (χ1) is 10.3. The summed E-state index contributed by atoms with van der Waals surface area (Å²) >= 11 is 0. The SMILES string of the molecule is Cc1cnccc1CNCc1ccc(N2CCCC2)cc1. The predicted octanol–water partition coefficient (Wildman–Crippen LogP) is 3.28. The minimum Gasteiger partial charge on any atom is -0.372 e. The van der Waals surface area contributed by atoms with E-state index in [4.69, 9.17) is 0 Å². The van der Waals surface area contributed by atoms with Crippen LogP contribution in [0.15, 0.2) is 42.7 Å². The van der Waals surface area contributed by atoms with Crippen molar-refractivity contribution < 1.29 is 0 Å². The molecule has 1 fully saturated rings. The summed E-state index contributed by atoms with van der Waals surface area (Å²) in [4.78, 5) is 6.60. The van der Waals surface area contributed by atoms with Crippen molar-refractivity contribution in [1.29, 1.82) is 0 Å². The topological polar surface area (TPSA) is 28.2 Å². The Bertz CT molecular complexity index is 571. The molecule has 0 radical (unpaired) electrons. The lowest BCUT2D eigenvalue weighted by Crippen LogP contribution is -2.17. The fraction of sp³-hybridized carbons (Fsp3) is 0.389. The third-order valence-electron chi connectivity index (χ3n) is 4.19. The molecule has 0 aliphatic carbocycles. The van der Waals surface area contributed by atoms with Gasteiger partial charge in [0.25, 0.3) is 0 Å². The zero-order valence-corrected chi connectivity index (χ0v) is 12.7. The molecular formula is C18H23N3. The molecule has 3 rings (SSSR count). The number of aromatic nitrogens is 1. The van der Waals surface area contributed by atoms with Gasteiger partial charge in [0.2, 0.25) is 0 Å². The number of nitrogens with one attached hydrogen (secondary N) is 1. The molecular weight excluding hydrogens is 258 g/mol. The van der Waals surface area contributed by atoms with Crippen molar-refractivity contribution in [3.63, 3.8) is 0 Å². The summed E-state index contributed by atoms with van der Waals surface area (Å²) in [6.45, 7) is 6.32. The van der Waals surface area contributed by atoms with Gasteiger partial charge in [-0.1, -0.05) is 12.1 Å². The van der Waals surface area contributed by atoms with Crippen LogP contribution >= 0.6 is 0 Å². The molecule has 2 heterocycles. The largest absolute Gasteiger partial charge is 0.372 e. The van der Waals surface area contributed by atoms with Crippen molar-refractivity contribution in [2.45, 2.75) is 32.9 Å². The van der Waals surface area contributed by atoms with Gasteiger partial charge in [0.1, 0.15) is 0 Å². The Labute approximate surface area is 127 Å². The van der Waals surface area contributed by atoms with Gasteiger partial charge in [0.05, 0.1) is 0 Å². The van der Waals surface area contributed by atoms with Crippen LogP contribution in [0.4, 0.5) is 5.69 Å². The Morgan fingerprint density at radius 2 is 1.81 bits per heavy atom. The number of nitrogens with zero attached hydrogens (tertiary/aromatic N) is 2. The monoisotopic (exact) mass is 281 g/mol. The highest BCUT2D eigenvalue weighted by atomic mass is 15.1. The average molecular weight is 281 g/mol. The highest BCUT2D eigenvalue weighted by Gasteiger charge is 2.11. The van der Waals surface area contributed by atoms with Gasteiger partial charge in [-0.05, 0) is 54.7 Å². The van der Waals surface area contributed by atoms with Crippen LogP contribution in [0.1, 0.15) is 29.5 Å². The van der Waals surface area contributed by atoms with Gasteiger partial charge < -0.3 is 10.2 Å². The summed E-state index contributed by atoms with van der Waals surface area (Å²) in [6.07, 6.45) is 6.43. The summed E-state index contributed by atoms with van der Waals surface area (Å²) in [7, 11) is 0. The average Bonchev–Trinajstić information content (AvgIpc) is 3.04. The molecule has 0 amide bonds. The summed E-state index contributed by atoms with van der Waals surface area (Å²) in [5.74, 6) is 0. The molecule has 21 heavy (non-hydrogen) atoms. The lowest BCUT2D eigenvalue weighted by atomic mass is 10.1. The molecule has 0 bridgehead atoms. The quantitative estimate of drug-likeness (QED) is 0.911. The highest BCUT2D eigenvalue weighted by molar-refractivity contribution is 5.48. The van der Waals surface area contributed by atoms with Gasteiger partial charge in [0, 0.05) is 44.3 Å². The molecule has 1 aromatic carbocycles. The Hall–Kier alpha value is -1.87. The molecule has 2 aromatic rings. The maximum absolute atomic E-state index is 4.13. The predicted molar refractivity (Wildman–Crippen MR) is 87.4 cm³/mol. The van der Waals surface area contributed by atoms with E-state index in [1.807, 2.05) is 12.4 Å². The molecule has 1 saturated heterocycles. The van der Waals surface area contributed by atoms with Crippen LogP contribution in [-0.4, -0.2) is 18.1 Å². The first-order valence-corrected chi connectivity index (χ1v) is 7.77. The maximum Gasteiger partial charge on any atom is 0.0366 e. The molecule has 3 nitrogen and oxygen atoms in total. The van der Waals surface area contributed by atoms with Crippen LogP contribution in [0.5, 0.6) is 0 Å². The van der Waals surface area contributed by atoms with Gasteiger partial charge in [-0.15, -0.1) is 0 Å². The third kappa shape index (κ3) is 3.61. The van der Waals surface area contributed by atoms with Gasteiger partial charge in [-0.2, -0.15) is 0 Å². The summed E-state index contributed by atoms with van der Waals surface area (Å²) < 4.78 is 0. The third-order valence-corrected chi connectivity index (χ3v) is 4.19. The Balaban J connectivity index is 1.52. The molecule has 1 N–H and O–H groups in total. The molecule has 0 spiro atoms. The van der Waals surface area contributed by atoms with Gasteiger partial charge in [-0.3, -0.25) is 4.98 Å². The molecule has 1 aliphatic heterocycles. The number of anilines is 1. The van der Waals surface area contributed by atoms with E-state index in [1.54, 1.807) is 0 Å². The van der Waals surface area contributed by atoms with E-state index in [9.17, 15) is 0 Å². The molecule has 3 heteroatoms. The van der Waals surface area contributed by atoms with E-state index in [1.165, 1.54) is 48.3 Å². The maximum atomic E-state index is 4.13. The van der Waals surface area contributed by atoms with Crippen molar-refractivity contribution >= 4 is 5.69 Å². The van der Waals surface area contributed by atoms with E-state index >= 15 is 0 Å². The Kier molecular flexibility index (Phi) is 4.51. The number of benzene rings is 1. The molecule has 0 saturated carbocycles. The van der Waals surface area contributed by atoms with Crippen LogP contribution < -0.4 is 10.2 Å². The fourth-order valence-corrected chi connectivity index (χ4v) is 2.84. The van der Waals surface area contributed by atoms with Crippen molar-refractivity contribution in [2.24, 2.45) is 0 Å². The number of pyridine rings is 1. The summed E-state index contributed by atoms with van der Waals surface area (Å²) in [6, 6.07) is 11.1. The standard InChI is InChI=1S/C18H23N3/c1-15-12-19-9-8-17(15)14-20-13-16-4-6-18(7-5-16)21-10-2-3-11-21/h4-9,12,20H,2-3,10-11,13-14H2,1H3. The van der Waals surface area contributed by atoms with Crippen molar-refractivity contribution in [2.75, 3.05) is 18.0 Å². The van der Waals surface area contributed by atoms with Gasteiger partial charge >= 0.3 is 0 Å². The second-order valence-electron chi connectivity index (χ2n) is 5.77. The van der Waals surface area contributed by atoms with Crippen LogP contribution in [-0.2, 0) is 13.1 Å². The smallest absolute Gasteiger partial charge is 0.0366 e. The van der Waals surface area contributed by atoms with Gasteiger partial charge in [-0.25, -0.2) is 0 Å². The van der Waals surface area contributed by atoms with Crippen molar-refractivity contribution in [1.82, 2.24) is 10.3 Å². The van der Waals surface area contributed by atoms with Crippen LogP contribution in [0, 0.1) is 6.92 Å². The number of hydrogen-bond acceptors (Lipinski definition) is 3. The minimum atomic E-state index is 0.891. The highest BCUT2D eigenvalue weighted by Crippen LogP contribution is 2.20. The summed E-state index contributed by atoms with van der Waals surface area (Å²) in [5.41, 5.74) is 5.26. The lowest BCUT2D eigenvalue weighted by Gasteiger charge is -2.17.